The zero-order valence-corrected chi connectivity index (χ0v) is 10.6. The zero-order chi connectivity index (χ0) is 13.7. The van der Waals surface area contributed by atoms with Gasteiger partial charge in [0.1, 0.15) is 5.82 Å². The fraction of sp³-hybridized carbons (Fsp3) is 0.0625. The van der Waals surface area contributed by atoms with E-state index in [-0.39, 0.29) is 11.6 Å². The molecule has 3 heteroatoms. The summed E-state index contributed by atoms with van der Waals surface area (Å²) in [5.74, 6) is -0.318. The van der Waals surface area contributed by atoms with Crippen LogP contribution < -0.4 is 5.32 Å². The Bertz CT molecular complexity index is 605. The van der Waals surface area contributed by atoms with Gasteiger partial charge in [0.05, 0.1) is 0 Å². The van der Waals surface area contributed by atoms with Gasteiger partial charge in [-0.2, -0.15) is 0 Å². The van der Waals surface area contributed by atoms with Gasteiger partial charge in [-0.15, -0.1) is 0 Å². The lowest BCUT2D eigenvalue weighted by Gasteiger charge is -2.02. The van der Waals surface area contributed by atoms with E-state index < -0.39 is 0 Å². The summed E-state index contributed by atoms with van der Waals surface area (Å²) in [7, 11) is 0. The highest BCUT2D eigenvalue weighted by atomic mass is 19.1. The van der Waals surface area contributed by atoms with E-state index in [4.69, 9.17) is 0 Å². The molecule has 0 bridgehead atoms. The smallest absolute Gasteiger partial charge is 0.187 e. The zero-order valence-electron chi connectivity index (χ0n) is 10.6. The number of ketones is 1. The monoisotopic (exact) mass is 255 g/mol. The van der Waals surface area contributed by atoms with E-state index in [1.807, 2.05) is 18.2 Å². The molecule has 0 saturated heterocycles. The number of halogens is 1. The second-order valence-corrected chi connectivity index (χ2v) is 4.17. The van der Waals surface area contributed by atoms with Crippen LogP contribution in [0.3, 0.4) is 0 Å². The summed E-state index contributed by atoms with van der Waals surface area (Å²) < 4.78 is 13.1. The van der Waals surface area contributed by atoms with Gasteiger partial charge in [-0.1, -0.05) is 30.3 Å². The van der Waals surface area contributed by atoms with E-state index in [9.17, 15) is 9.18 Å². The Morgan fingerprint density at radius 2 is 1.89 bits per heavy atom. The lowest BCUT2D eigenvalue weighted by Crippen LogP contribution is -1.96. The van der Waals surface area contributed by atoms with Crippen LogP contribution in [-0.4, -0.2) is 5.78 Å². The maximum Gasteiger partial charge on any atom is 0.187 e. The minimum atomic E-state index is -0.241. The van der Waals surface area contributed by atoms with Crippen molar-refractivity contribution in [1.29, 1.82) is 0 Å². The molecule has 0 aliphatic rings. The van der Waals surface area contributed by atoms with Crippen molar-refractivity contribution in [3.63, 3.8) is 0 Å². The third-order valence-electron chi connectivity index (χ3n) is 2.70. The quantitative estimate of drug-likeness (QED) is 0.662. The maximum atomic E-state index is 13.1. The molecule has 0 aliphatic heterocycles. The second-order valence-electron chi connectivity index (χ2n) is 4.17. The van der Waals surface area contributed by atoms with Crippen molar-refractivity contribution in [3.8, 4) is 0 Å². The van der Waals surface area contributed by atoms with E-state index in [1.54, 1.807) is 37.4 Å². The molecule has 0 atom stereocenters. The molecule has 0 radical (unpaired) electrons. The average Bonchev–Trinajstić information content (AvgIpc) is 2.43. The van der Waals surface area contributed by atoms with Crippen LogP contribution in [0.5, 0.6) is 0 Å². The molecule has 0 heterocycles. The van der Waals surface area contributed by atoms with Crippen LogP contribution in [-0.2, 0) is 0 Å². The van der Waals surface area contributed by atoms with Crippen LogP contribution in [0, 0.1) is 12.7 Å². The van der Waals surface area contributed by atoms with Gasteiger partial charge in [0.15, 0.2) is 5.78 Å². The number of hydrogen-bond acceptors (Lipinski definition) is 2. The van der Waals surface area contributed by atoms with Crippen molar-refractivity contribution in [2.45, 2.75) is 6.92 Å². The number of carbonyl (C=O) groups excluding carboxylic acids is 1. The number of benzene rings is 2. The van der Waals surface area contributed by atoms with Gasteiger partial charge in [0, 0.05) is 23.5 Å². The van der Waals surface area contributed by atoms with Gasteiger partial charge >= 0.3 is 0 Å². The molecule has 2 nitrogen and oxygen atoms in total. The number of hydrogen-bond donors (Lipinski definition) is 1. The fourth-order valence-corrected chi connectivity index (χ4v) is 1.65. The minimum Gasteiger partial charge on any atom is -0.362 e. The molecule has 19 heavy (non-hydrogen) atoms. The summed E-state index contributed by atoms with van der Waals surface area (Å²) in [5, 5.41) is 2.95. The molecular formula is C16H14FNO. The normalized spacial score (nSPS) is 10.6. The van der Waals surface area contributed by atoms with E-state index >= 15 is 0 Å². The summed E-state index contributed by atoms with van der Waals surface area (Å²) >= 11 is 0. The Morgan fingerprint density at radius 3 is 2.58 bits per heavy atom. The Morgan fingerprint density at radius 1 is 1.16 bits per heavy atom. The van der Waals surface area contributed by atoms with E-state index in [0.717, 1.165) is 5.69 Å². The first-order chi connectivity index (χ1) is 9.16. The molecule has 2 aromatic rings. The predicted octanol–water partition coefficient (Wildman–Crippen LogP) is 3.94. The van der Waals surface area contributed by atoms with Gasteiger partial charge < -0.3 is 5.32 Å². The summed E-state index contributed by atoms with van der Waals surface area (Å²) in [4.78, 5) is 11.8. The molecule has 0 saturated carbocycles. The Hall–Kier alpha value is -2.42. The molecule has 96 valence electrons. The molecule has 0 spiro atoms. The van der Waals surface area contributed by atoms with E-state index in [0.29, 0.717) is 11.1 Å². The highest BCUT2D eigenvalue weighted by Gasteiger charge is 2.00. The van der Waals surface area contributed by atoms with Crippen LogP contribution in [0.15, 0.2) is 60.8 Å². The van der Waals surface area contributed by atoms with Crippen molar-refractivity contribution >= 4 is 11.5 Å². The van der Waals surface area contributed by atoms with Crippen molar-refractivity contribution < 1.29 is 9.18 Å². The Labute approximate surface area is 111 Å². The van der Waals surface area contributed by atoms with Gasteiger partial charge in [-0.05, 0) is 30.7 Å². The van der Waals surface area contributed by atoms with E-state index in [1.165, 1.54) is 12.1 Å². The van der Waals surface area contributed by atoms with Gasteiger partial charge in [-0.3, -0.25) is 4.79 Å². The predicted molar refractivity (Wildman–Crippen MR) is 74.7 cm³/mol. The number of aryl methyl sites for hydroxylation is 1. The largest absolute Gasteiger partial charge is 0.362 e. The Kier molecular flexibility index (Phi) is 4.08. The van der Waals surface area contributed by atoms with E-state index in [2.05, 4.69) is 5.32 Å². The molecular weight excluding hydrogens is 241 g/mol. The van der Waals surface area contributed by atoms with Crippen LogP contribution >= 0.6 is 0 Å². The SMILES string of the molecule is Cc1cc(N/C=C/C(=O)c2ccccc2)ccc1F. The van der Waals surface area contributed by atoms with Crippen LogP contribution in [0.25, 0.3) is 0 Å². The highest BCUT2D eigenvalue weighted by Crippen LogP contribution is 2.13. The number of rotatable bonds is 4. The number of carbonyl (C=O) groups is 1. The average molecular weight is 255 g/mol. The molecule has 0 fully saturated rings. The number of nitrogens with one attached hydrogen (secondary N) is 1. The standard InChI is InChI=1S/C16H14FNO/c1-12-11-14(7-8-15(12)17)18-10-9-16(19)13-5-3-2-4-6-13/h2-11,18H,1H3/b10-9+. The lowest BCUT2D eigenvalue weighted by atomic mass is 10.1. The Balaban J connectivity index is 2.00. The topological polar surface area (TPSA) is 29.1 Å². The van der Waals surface area contributed by atoms with Crippen molar-refractivity contribution in [1.82, 2.24) is 0 Å². The summed E-state index contributed by atoms with van der Waals surface area (Å²) in [6, 6.07) is 13.7. The van der Waals surface area contributed by atoms with Crippen molar-refractivity contribution in [2.24, 2.45) is 0 Å². The molecule has 2 rings (SSSR count). The molecule has 2 aromatic carbocycles. The highest BCUT2D eigenvalue weighted by molar-refractivity contribution is 6.04. The molecule has 0 aromatic heterocycles. The summed E-state index contributed by atoms with van der Waals surface area (Å²) in [5.41, 5.74) is 1.94. The first kappa shape index (κ1) is 13.0. The van der Waals surface area contributed by atoms with Crippen LogP contribution in [0.4, 0.5) is 10.1 Å². The van der Waals surface area contributed by atoms with Crippen LogP contribution in [0.2, 0.25) is 0 Å². The van der Waals surface area contributed by atoms with Gasteiger partial charge in [-0.25, -0.2) is 4.39 Å². The van der Waals surface area contributed by atoms with Crippen molar-refractivity contribution in [3.05, 3.63) is 77.8 Å². The fourth-order valence-electron chi connectivity index (χ4n) is 1.65. The second kappa shape index (κ2) is 5.96. The maximum absolute atomic E-state index is 13.1. The van der Waals surface area contributed by atoms with Gasteiger partial charge in [0.25, 0.3) is 0 Å². The minimum absolute atomic E-state index is 0.0769. The number of allylic oxidation sites excluding steroid dienone is 1. The first-order valence-corrected chi connectivity index (χ1v) is 5.95. The molecule has 0 unspecified atom stereocenters. The summed E-state index contributed by atoms with van der Waals surface area (Å²) in [6.45, 7) is 1.69. The molecule has 1 N–H and O–H groups in total. The van der Waals surface area contributed by atoms with Crippen molar-refractivity contribution in [2.75, 3.05) is 5.32 Å². The van der Waals surface area contributed by atoms with Gasteiger partial charge in [0.2, 0.25) is 0 Å². The third-order valence-corrected chi connectivity index (χ3v) is 2.70. The molecule has 0 amide bonds. The lowest BCUT2D eigenvalue weighted by molar-refractivity contribution is 0.104. The summed E-state index contributed by atoms with van der Waals surface area (Å²) in [6.07, 6.45) is 3.01. The first-order valence-electron chi connectivity index (χ1n) is 5.95. The number of anilines is 1. The van der Waals surface area contributed by atoms with Crippen LogP contribution in [0.1, 0.15) is 15.9 Å². The third kappa shape index (κ3) is 3.52. The molecule has 0 aliphatic carbocycles.